The van der Waals surface area contributed by atoms with Gasteiger partial charge in [0, 0.05) is 11.8 Å². The summed E-state index contributed by atoms with van der Waals surface area (Å²) in [4.78, 5) is 8.72. The summed E-state index contributed by atoms with van der Waals surface area (Å²) in [5, 5.41) is 6.14. The van der Waals surface area contributed by atoms with Crippen molar-refractivity contribution in [2.24, 2.45) is 0 Å². The number of rotatable bonds is 6. The van der Waals surface area contributed by atoms with Crippen molar-refractivity contribution in [3.05, 3.63) is 66.1 Å². The highest BCUT2D eigenvalue weighted by molar-refractivity contribution is 5.65. The van der Waals surface area contributed by atoms with Crippen molar-refractivity contribution in [1.29, 1.82) is 0 Å². The standard InChI is InChI=1S/C19H19FN4O/c1-3-25-17-11-7-6-10-16(17)22-18-12-13(2)21-19(24-18)23-15-9-5-4-8-14(15)20/h4-12H,3H2,1-2H3,(H2,21,22,23,24). The third-order valence-electron chi connectivity index (χ3n) is 3.42. The molecule has 5 nitrogen and oxygen atoms in total. The van der Waals surface area contributed by atoms with Crippen LogP contribution < -0.4 is 15.4 Å². The van der Waals surface area contributed by atoms with Crippen LogP contribution in [0, 0.1) is 12.7 Å². The lowest BCUT2D eigenvalue weighted by Crippen LogP contribution is -2.04. The van der Waals surface area contributed by atoms with Crippen molar-refractivity contribution in [3.8, 4) is 5.75 Å². The molecule has 2 aromatic carbocycles. The molecule has 0 aliphatic rings. The van der Waals surface area contributed by atoms with E-state index in [4.69, 9.17) is 4.74 Å². The fourth-order valence-corrected chi connectivity index (χ4v) is 2.36. The second-order valence-electron chi connectivity index (χ2n) is 5.38. The Morgan fingerprint density at radius 1 is 0.960 bits per heavy atom. The molecule has 0 unspecified atom stereocenters. The summed E-state index contributed by atoms with van der Waals surface area (Å²) in [5.74, 6) is 1.30. The van der Waals surface area contributed by atoms with E-state index in [1.807, 2.05) is 44.2 Å². The predicted octanol–water partition coefficient (Wildman–Crippen LogP) is 4.81. The van der Waals surface area contributed by atoms with Crippen LogP contribution in [0.15, 0.2) is 54.6 Å². The van der Waals surface area contributed by atoms with Gasteiger partial charge in [-0.05, 0) is 38.1 Å². The van der Waals surface area contributed by atoms with Crippen LogP contribution in [-0.2, 0) is 0 Å². The number of nitrogens with zero attached hydrogens (tertiary/aromatic N) is 2. The van der Waals surface area contributed by atoms with Crippen LogP contribution in [0.3, 0.4) is 0 Å². The number of hydrogen-bond donors (Lipinski definition) is 2. The van der Waals surface area contributed by atoms with Crippen molar-refractivity contribution >= 4 is 23.1 Å². The van der Waals surface area contributed by atoms with Crippen LogP contribution >= 0.6 is 0 Å². The molecule has 0 spiro atoms. The number of anilines is 4. The SMILES string of the molecule is CCOc1ccccc1Nc1cc(C)nc(Nc2ccccc2F)n1. The first-order valence-electron chi connectivity index (χ1n) is 8.02. The molecule has 0 atom stereocenters. The molecule has 0 bridgehead atoms. The highest BCUT2D eigenvalue weighted by Crippen LogP contribution is 2.27. The summed E-state index contributed by atoms with van der Waals surface area (Å²) in [6.45, 7) is 4.36. The highest BCUT2D eigenvalue weighted by atomic mass is 19.1. The highest BCUT2D eigenvalue weighted by Gasteiger charge is 2.08. The Hall–Kier alpha value is -3.15. The Balaban J connectivity index is 1.86. The van der Waals surface area contributed by atoms with E-state index in [0.717, 1.165) is 17.1 Å². The van der Waals surface area contributed by atoms with Gasteiger partial charge in [0.2, 0.25) is 5.95 Å². The van der Waals surface area contributed by atoms with Crippen LogP contribution in [0.4, 0.5) is 27.5 Å². The van der Waals surface area contributed by atoms with Gasteiger partial charge >= 0.3 is 0 Å². The van der Waals surface area contributed by atoms with E-state index in [1.54, 1.807) is 18.2 Å². The lowest BCUT2D eigenvalue weighted by molar-refractivity contribution is 0.342. The molecule has 1 heterocycles. The molecule has 0 saturated heterocycles. The molecular weight excluding hydrogens is 319 g/mol. The zero-order valence-corrected chi connectivity index (χ0v) is 14.1. The lowest BCUT2D eigenvalue weighted by Gasteiger charge is -2.13. The van der Waals surface area contributed by atoms with E-state index in [1.165, 1.54) is 6.07 Å². The van der Waals surface area contributed by atoms with Crippen molar-refractivity contribution in [2.75, 3.05) is 17.2 Å². The fraction of sp³-hybridized carbons (Fsp3) is 0.158. The molecule has 2 N–H and O–H groups in total. The molecule has 1 aromatic heterocycles. The smallest absolute Gasteiger partial charge is 0.229 e. The minimum atomic E-state index is -0.358. The van der Waals surface area contributed by atoms with Crippen LogP contribution in [-0.4, -0.2) is 16.6 Å². The van der Waals surface area contributed by atoms with Gasteiger partial charge < -0.3 is 15.4 Å². The number of aromatic nitrogens is 2. The molecule has 0 aliphatic heterocycles. The maximum absolute atomic E-state index is 13.8. The summed E-state index contributed by atoms with van der Waals surface area (Å²) < 4.78 is 19.4. The number of ether oxygens (including phenoxy) is 1. The average molecular weight is 338 g/mol. The maximum Gasteiger partial charge on any atom is 0.229 e. The lowest BCUT2D eigenvalue weighted by atomic mass is 10.3. The molecule has 0 saturated carbocycles. The van der Waals surface area contributed by atoms with E-state index in [2.05, 4.69) is 20.6 Å². The number of hydrogen-bond acceptors (Lipinski definition) is 5. The Morgan fingerprint density at radius 3 is 2.44 bits per heavy atom. The second-order valence-corrected chi connectivity index (χ2v) is 5.38. The largest absolute Gasteiger partial charge is 0.492 e. The number of aryl methyl sites for hydroxylation is 1. The van der Waals surface area contributed by atoms with Crippen molar-refractivity contribution in [3.63, 3.8) is 0 Å². The van der Waals surface area contributed by atoms with Crippen molar-refractivity contribution in [2.45, 2.75) is 13.8 Å². The van der Waals surface area contributed by atoms with Gasteiger partial charge in [-0.3, -0.25) is 0 Å². The maximum atomic E-state index is 13.8. The molecule has 3 aromatic rings. The van der Waals surface area contributed by atoms with Crippen molar-refractivity contribution in [1.82, 2.24) is 9.97 Å². The van der Waals surface area contributed by atoms with Crippen molar-refractivity contribution < 1.29 is 9.13 Å². The quantitative estimate of drug-likeness (QED) is 0.675. The molecule has 0 aliphatic carbocycles. The van der Waals surface area contributed by atoms with Crippen LogP contribution in [0.1, 0.15) is 12.6 Å². The van der Waals surface area contributed by atoms with Gasteiger partial charge in [0.15, 0.2) is 0 Å². The Labute approximate surface area is 145 Å². The van der Waals surface area contributed by atoms with Gasteiger partial charge in [-0.15, -0.1) is 0 Å². The second kappa shape index (κ2) is 7.61. The topological polar surface area (TPSA) is 59.1 Å². The minimum absolute atomic E-state index is 0.321. The van der Waals surface area contributed by atoms with E-state index in [9.17, 15) is 4.39 Å². The van der Waals surface area contributed by atoms with Crippen LogP contribution in [0.25, 0.3) is 0 Å². The summed E-state index contributed by atoms with van der Waals surface area (Å²) >= 11 is 0. The van der Waals surface area contributed by atoms with Gasteiger partial charge in [0.25, 0.3) is 0 Å². The van der Waals surface area contributed by atoms with Gasteiger partial charge in [0.05, 0.1) is 18.0 Å². The monoisotopic (exact) mass is 338 g/mol. The van der Waals surface area contributed by atoms with Gasteiger partial charge in [0.1, 0.15) is 17.4 Å². The molecule has 0 radical (unpaired) electrons. The zero-order chi connectivity index (χ0) is 17.6. The third kappa shape index (κ3) is 4.23. The Bertz CT molecular complexity index is 870. The van der Waals surface area contributed by atoms with Gasteiger partial charge in [-0.2, -0.15) is 4.98 Å². The van der Waals surface area contributed by atoms with Gasteiger partial charge in [-0.1, -0.05) is 24.3 Å². The summed E-state index contributed by atoms with van der Waals surface area (Å²) in [5.41, 5.74) is 1.89. The molecule has 0 fully saturated rings. The molecule has 25 heavy (non-hydrogen) atoms. The Morgan fingerprint density at radius 2 is 1.68 bits per heavy atom. The fourth-order valence-electron chi connectivity index (χ4n) is 2.36. The van der Waals surface area contributed by atoms with Gasteiger partial charge in [-0.25, -0.2) is 9.37 Å². The first-order valence-corrected chi connectivity index (χ1v) is 8.02. The number of benzene rings is 2. The summed E-state index contributed by atoms with van der Waals surface area (Å²) in [7, 11) is 0. The van der Waals surface area contributed by atoms with E-state index in [-0.39, 0.29) is 5.82 Å². The average Bonchev–Trinajstić information content (AvgIpc) is 2.58. The number of nitrogens with one attached hydrogen (secondary N) is 2. The zero-order valence-electron chi connectivity index (χ0n) is 14.1. The van der Waals surface area contributed by atoms with Crippen LogP contribution in [0.2, 0.25) is 0 Å². The molecule has 128 valence electrons. The molecule has 6 heteroatoms. The summed E-state index contributed by atoms with van der Waals surface area (Å²) in [6, 6.07) is 15.8. The molecule has 3 rings (SSSR count). The third-order valence-corrected chi connectivity index (χ3v) is 3.42. The number of halogens is 1. The normalized spacial score (nSPS) is 10.4. The Kier molecular flexibility index (Phi) is 5.09. The summed E-state index contributed by atoms with van der Waals surface area (Å²) in [6.07, 6.45) is 0. The van der Waals surface area contributed by atoms with E-state index >= 15 is 0 Å². The predicted molar refractivity (Wildman–Crippen MR) is 97.3 cm³/mol. The first-order chi connectivity index (χ1) is 12.2. The molecular formula is C19H19FN4O. The van der Waals surface area contributed by atoms with Crippen LogP contribution in [0.5, 0.6) is 5.75 Å². The molecule has 0 amide bonds. The number of para-hydroxylation sites is 3. The minimum Gasteiger partial charge on any atom is -0.492 e. The van der Waals surface area contributed by atoms with E-state index in [0.29, 0.717) is 24.1 Å². The first kappa shape index (κ1) is 16.7. The van der Waals surface area contributed by atoms with E-state index < -0.39 is 0 Å².